The van der Waals surface area contributed by atoms with Gasteiger partial charge >= 0.3 is 0 Å². The van der Waals surface area contributed by atoms with Crippen LogP contribution in [0.25, 0.3) is 0 Å². The molecule has 0 saturated carbocycles. The van der Waals surface area contributed by atoms with Crippen molar-refractivity contribution in [3.05, 3.63) is 12.2 Å². The fourth-order valence-corrected chi connectivity index (χ4v) is 0.577. The molecule has 2 aliphatic rings. The van der Waals surface area contributed by atoms with Gasteiger partial charge in [0.2, 0.25) is 0 Å². The van der Waals surface area contributed by atoms with Gasteiger partial charge in [-0.3, -0.25) is 4.99 Å². The van der Waals surface area contributed by atoms with Crippen LogP contribution in [0.15, 0.2) is 22.1 Å². The normalized spacial score (nSPS) is 27.4. The first-order valence-corrected chi connectivity index (χ1v) is 2.20. The SMILES string of the molecule is C1=CC12C=NC=N2. The molecule has 7 heavy (non-hydrogen) atoms. The predicted molar refractivity (Wildman–Crippen MR) is 28.9 cm³/mol. The van der Waals surface area contributed by atoms with E-state index in [0.717, 1.165) is 0 Å². The minimum atomic E-state index is -0.0278. The molecule has 2 nitrogen and oxygen atoms in total. The summed E-state index contributed by atoms with van der Waals surface area (Å²) in [7, 11) is 0. The second-order valence-corrected chi connectivity index (χ2v) is 1.74. The van der Waals surface area contributed by atoms with Crippen molar-refractivity contribution in [1.82, 2.24) is 0 Å². The Hall–Kier alpha value is -0.920. The lowest BCUT2D eigenvalue weighted by atomic mass is 10.3. The minimum absolute atomic E-state index is 0.0278. The average Bonchev–Trinajstić information content (AvgIpc) is 2.15. The highest BCUT2D eigenvalue weighted by Crippen LogP contribution is 2.27. The highest BCUT2D eigenvalue weighted by atomic mass is 15.0. The quantitative estimate of drug-likeness (QED) is 0.386. The molecule has 1 spiro atoms. The third-order valence-electron chi connectivity index (χ3n) is 1.14. The number of hydrogen-bond donors (Lipinski definition) is 0. The van der Waals surface area contributed by atoms with Gasteiger partial charge in [-0.1, -0.05) is 0 Å². The van der Waals surface area contributed by atoms with E-state index in [2.05, 4.69) is 9.98 Å². The maximum atomic E-state index is 4.02. The van der Waals surface area contributed by atoms with Gasteiger partial charge in [0.15, 0.2) is 0 Å². The summed E-state index contributed by atoms with van der Waals surface area (Å²) in [5, 5.41) is 0. The molecule has 0 aromatic carbocycles. The number of rotatable bonds is 0. The zero-order valence-corrected chi connectivity index (χ0v) is 3.70. The third-order valence-corrected chi connectivity index (χ3v) is 1.14. The van der Waals surface area contributed by atoms with Gasteiger partial charge < -0.3 is 0 Å². The van der Waals surface area contributed by atoms with Gasteiger partial charge in [-0.05, 0) is 12.2 Å². The summed E-state index contributed by atoms with van der Waals surface area (Å²) in [6.45, 7) is 0. The molecule has 0 atom stereocenters. The third kappa shape index (κ3) is 0.282. The van der Waals surface area contributed by atoms with E-state index < -0.39 is 0 Å². The first kappa shape index (κ1) is 3.13. The Morgan fingerprint density at radius 3 is 2.43 bits per heavy atom. The molecule has 0 N–H and O–H groups in total. The molecule has 1 aliphatic carbocycles. The molecule has 0 aromatic rings. The van der Waals surface area contributed by atoms with E-state index in [9.17, 15) is 0 Å². The topological polar surface area (TPSA) is 24.7 Å². The molecule has 0 amide bonds. The van der Waals surface area contributed by atoms with Crippen LogP contribution in [0.5, 0.6) is 0 Å². The van der Waals surface area contributed by atoms with E-state index in [4.69, 9.17) is 0 Å². The van der Waals surface area contributed by atoms with E-state index in [1.54, 1.807) is 6.34 Å². The van der Waals surface area contributed by atoms with Crippen molar-refractivity contribution in [3.8, 4) is 0 Å². The van der Waals surface area contributed by atoms with Crippen LogP contribution >= 0.6 is 0 Å². The highest BCUT2D eigenvalue weighted by molar-refractivity contribution is 5.94. The predicted octanol–water partition coefficient (Wildman–Crippen LogP) is 0.408. The van der Waals surface area contributed by atoms with Crippen LogP contribution in [0, 0.1) is 0 Å². The molecule has 2 rings (SSSR count). The molecule has 1 heterocycles. The van der Waals surface area contributed by atoms with Crippen molar-refractivity contribution in [3.63, 3.8) is 0 Å². The molecule has 0 aromatic heterocycles. The summed E-state index contributed by atoms with van der Waals surface area (Å²) in [6, 6.07) is 0. The zero-order valence-electron chi connectivity index (χ0n) is 3.70. The maximum Gasteiger partial charge on any atom is 0.134 e. The van der Waals surface area contributed by atoms with Crippen LogP contribution in [0.1, 0.15) is 0 Å². The van der Waals surface area contributed by atoms with Crippen LogP contribution in [-0.2, 0) is 0 Å². The Kier molecular flexibility index (Phi) is 0.308. The lowest BCUT2D eigenvalue weighted by Gasteiger charge is -1.90. The molecule has 1 aliphatic heterocycles. The van der Waals surface area contributed by atoms with Crippen LogP contribution in [-0.4, -0.2) is 18.1 Å². The van der Waals surface area contributed by atoms with E-state index in [0.29, 0.717) is 0 Å². The van der Waals surface area contributed by atoms with E-state index in [-0.39, 0.29) is 5.54 Å². The van der Waals surface area contributed by atoms with Gasteiger partial charge in [-0.2, -0.15) is 0 Å². The molecule has 0 bridgehead atoms. The van der Waals surface area contributed by atoms with Crippen LogP contribution in [0.2, 0.25) is 0 Å². The smallest absolute Gasteiger partial charge is 0.134 e. The summed E-state index contributed by atoms with van der Waals surface area (Å²) < 4.78 is 0. The molecule has 0 saturated heterocycles. The van der Waals surface area contributed by atoms with Gasteiger partial charge in [-0.25, -0.2) is 4.99 Å². The molecule has 2 heteroatoms. The maximum absolute atomic E-state index is 4.02. The Labute approximate surface area is 41.3 Å². The van der Waals surface area contributed by atoms with Crippen LogP contribution in [0.4, 0.5) is 0 Å². The van der Waals surface area contributed by atoms with Crippen molar-refractivity contribution in [2.45, 2.75) is 5.54 Å². The van der Waals surface area contributed by atoms with Crippen LogP contribution in [0.3, 0.4) is 0 Å². The van der Waals surface area contributed by atoms with Crippen molar-refractivity contribution in [2.75, 3.05) is 0 Å². The standard InChI is InChI=1S/C5H4N2/c1-2-5(1)3-6-4-7-5/h1-4H. The first-order chi connectivity index (χ1) is 3.41. The lowest BCUT2D eigenvalue weighted by molar-refractivity contribution is 1.05. The van der Waals surface area contributed by atoms with Crippen molar-refractivity contribution in [2.24, 2.45) is 9.98 Å². The average molecular weight is 92.1 g/mol. The summed E-state index contributed by atoms with van der Waals surface area (Å²) >= 11 is 0. The Balaban J connectivity index is 2.41. The van der Waals surface area contributed by atoms with E-state index in [1.807, 2.05) is 18.4 Å². The zero-order chi connectivity index (χ0) is 4.74. The van der Waals surface area contributed by atoms with Crippen LogP contribution < -0.4 is 0 Å². The van der Waals surface area contributed by atoms with Gasteiger partial charge in [0.25, 0.3) is 0 Å². The number of aliphatic imine (C=N–C) groups is 2. The Morgan fingerprint density at radius 2 is 2.14 bits per heavy atom. The fourth-order valence-electron chi connectivity index (χ4n) is 0.577. The Bertz CT molecular complexity index is 157. The van der Waals surface area contributed by atoms with E-state index >= 15 is 0 Å². The van der Waals surface area contributed by atoms with Gasteiger partial charge in [0, 0.05) is 6.21 Å². The van der Waals surface area contributed by atoms with Gasteiger partial charge in [0.1, 0.15) is 11.9 Å². The molecule has 34 valence electrons. The van der Waals surface area contributed by atoms with Gasteiger partial charge in [0.05, 0.1) is 0 Å². The number of nitrogens with zero attached hydrogens (tertiary/aromatic N) is 2. The van der Waals surface area contributed by atoms with E-state index in [1.165, 1.54) is 0 Å². The first-order valence-electron chi connectivity index (χ1n) is 2.20. The summed E-state index contributed by atoms with van der Waals surface area (Å²) in [5.74, 6) is 0. The van der Waals surface area contributed by atoms with Gasteiger partial charge in [-0.15, -0.1) is 0 Å². The molecule has 0 fully saturated rings. The molecular formula is C5H4N2. The second kappa shape index (κ2) is 0.689. The van der Waals surface area contributed by atoms with Crippen molar-refractivity contribution >= 4 is 12.6 Å². The lowest BCUT2D eigenvalue weighted by Crippen LogP contribution is -2.02. The second-order valence-electron chi connectivity index (χ2n) is 1.74. The summed E-state index contributed by atoms with van der Waals surface area (Å²) in [6.07, 6.45) is 7.44. The number of hydrogen-bond acceptors (Lipinski definition) is 2. The summed E-state index contributed by atoms with van der Waals surface area (Å²) in [4.78, 5) is 7.84. The minimum Gasteiger partial charge on any atom is -0.253 e. The summed E-state index contributed by atoms with van der Waals surface area (Å²) in [5.41, 5.74) is -0.0278. The Morgan fingerprint density at radius 1 is 1.29 bits per heavy atom. The highest BCUT2D eigenvalue weighted by Gasteiger charge is 2.32. The monoisotopic (exact) mass is 92.0 g/mol. The fraction of sp³-hybridized carbons (Fsp3) is 0.200. The largest absolute Gasteiger partial charge is 0.253 e. The molecular weight excluding hydrogens is 88.1 g/mol. The van der Waals surface area contributed by atoms with Crippen molar-refractivity contribution < 1.29 is 0 Å². The van der Waals surface area contributed by atoms with Crippen molar-refractivity contribution in [1.29, 1.82) is 0 Å². The molecule has 0 unspecified atom stereocenters. The molecule has 0 radical (unpaired) electrons.